The van der Waals surface area contributed by atoms with Gasteiger partial charge in [0.05, 0.1) is 24.1 Å². The molecule has 1 rings (SSSR count). The van der Waals surface area contributed by atoms with Gasteiger partial charge in [0.25, 0.3) is 5.69 Å². The first kappa shape index (κ1) is 18.5. The molecule has 0 aliphatic rings. The highest BCUT2D eigenvalue weighted by atomic mass is 19.1. The molecule has 0 aliphatic heterocycles. The van der Waals surface area contributed by atoms with Gasteiger partial charge >= 0.3 is 11.9 Å². The van der Waals surface area contributed by atoms with Crippen LogP contribution in [0, 0.1) is 15.9 Å². The predicted octanol–water partition coefficient (Wildman–Crippen LogP) is 0.780. The van der Waals surface area contributed by atoms with Crippen molar-refractivity contribution in [1.29, 1.82) is 0 Å². The Kier molecular flexibility index (Phi) is 6.10. The largest absolute Gasteiger partial charge is 0.477 e. The van der Waals surface area contributed by atoms with Crippen molar-refractivity contribution >= 4 is 17.6 Å². The molecular weight excluding hydrogens is 317 g/mol. The number of ether oxygens (including phenoxy) is 1. The lowest BCUT2D eigenvalue weighted by Crippen LogP contribution is -2.24. The fourth-order valence-electron chi connectivity index (χ4n) is 1.84. The number of benzene rings is 1. The van der Waals surface area contributed by atoms with Crippen molar-refractivity contribution in [2.24, 2.45) is 0 Å². The smallest absolute Gasteiger partial charge is 0.342 e. The van der Waals surface area contributed by atoms with E-state index in [1.54, 1.807) is 0 Å². The van der Waals surface area contributed by atoms with Crippen molar-refractivity contribution in [1.82, 2.24) is 0 Å². The maximum absolute atomic E-state index is 13.9. The second kappa shape index (κ2) is 7.61. The van der Waals surface area contributed by atoms with E-state index in [-0.39, 0.29) is 6.61 Å². The molecule has 3 N–H and O–H groups in total. The van der Waals surface area contributed by atoms with Crippen molar-refractivity contribution in [2.45, 2.75) is 25.6 Å². The number of rotatable bonds is 7. The number of esters is 1. The third-order valence-electron chi connectivity index (χ3n) is 2.91. The van der Waals surface area contributed by atoms with Crippen LogP contribution in [0.25, 0.3) is 0 Å². The molecule has 0 saturated heterocycles. The van der Waals surface area contributed by atoms with Crippen molar-refractivity contribution in [3.05, 3.63) is 39.2 Å². The number of carbonyl (C=O) groups is 2. The third-order valence-corrected chi connectivity index (χ3v) is 2.91. The Hall–Kier alpha value is -2.59. The van der Waals surface area contributed by atoms with Crippen LogP contribution in [0.2, 0.25) is 0 Å². The molecule has 1 aromatic carbocycles. The fourth-order valence-corrected chi connectivity index (χ4v) is 1.84. The number of carboxylic acid groups (broad SMARTS) is 1. The van der Waals surface area contributed by atoms with Crippen LogP contribution in [-0.4, -0.2) is 44.9 Å². The molecule has 10 heteroatoms. The van der Waals surface area contributed by atoms with Gasteiger partial charge in [-0.15, -0.1) is 0 Å². The summed E-state index contributed by atoms with van der Waals surface area (Å²) in [6.07, 6.45) is -4.41. The molecule has 0 heterocycles. The lowest BCUT2D eigenvalue weighted by molar-refractivity contribution is -0.385. The average Bonchev–Trinajstić information content (AvgIpc) is 2.45. The van der Waals surface area contributed by atoms with Crippen molar-refractivity contribution in [3.63, 3.8) is 0 Å². The topological polar surface area (TPSA) is 147 Å². The second-order valence-electron chi connectivity index (χ2n) is 4.47. The minimum absolute atomic E-state index is 0.0365. The van der Waals surface area contributed by atoms with Gasteiger partial charge < -0.3 is 20.1 Å². The van der Waals surface area contributed by atoms with E-state index in [4.69, 9.17) is 5.11 Å². The van der Waals surface area contributed by atoms with E-state index >= 15 is 0 Å². The molecule has 2 atom stereocenters. The SMILES string of the molecule is CCOC(=O)CC(O)C(O)c1cc([N+](=O)[O-])c(C(=O)O)cc1F. The van der Waals surface area contributed by atoms with Gasteiger partial charge in [-0.1, -0.05) is 0 Å². The zero-order valence-corrected chi connectivity index (χ0v) is 11.9. The lowest BCUT2D eigenvalue weighted by Gasteiger charge is -2.18. The number of aromatic carboxylic acids is 1. The summed E-state index contributed by atoms with van der Waals surface area (Å²) in [6, 6.07) is 0.883. The Balaban J connectivity index is 3.16. The van der Waals surface area contributed by atoms with Crippen LogP contribution in [0.15, 0.2) is 12.1 Å². The maximum atomic E-state index is 13.9. The molecule has 0 aromatic heterocycles. The number of hydrogen-bond acceptors (Lipinski definition) is 7. The summed E-state index contributed by atoms with van der Waals surface area (Å²) < 4.78 is 18.4. The molecule has 0 spiro atoms. The van der Waals surface area contributed by atoms with Crippen LogP contribution >= 0.6 is 0 Å². The quantitative estimate of drug-likeness (QED) is 0.377. The van der Waals surface area contributed by atoms with Gasteiger partial charge in [0, 0.05) is 11.6 Å². The van der Waals surface area contributed by atoms with E-state index in [1.807, 2.05) is 0 Å². The summed E-state index contributed by atoms with van der Waals surface area (Å²) in [5, 5.41) is 39.2. The van der Waals surface area contributed by atoms with Crippen molar-refractivity contribution in [2.75, 3.05) is 6.61 Å². The van der Waals surface area contributed by atoms with Gasteiger partial charge in [0.2, 0.25) is 0 Å². The Morgan fingerprint density at radius 3 is 2.48 bits per heavy atom. The van der Waals surface area contributed by atoms with Crippen LogP contribution in [-0.2, 0) is 9.53 Å². The van der Waals surface area contributed by atoms with Crippen LogP contribution < -0.4 is 0 Å². The fraction of sp³-hybridized carbons (Fsp3) is 0.385. The maximum Gasteiger partial charge on any atom is 0.342 e. The van der Waals surface area contributed by atoms with E-state index in [2.05, 4.69) is 4.74 Å². The highest BCUT2D eigenvalue weighted by Gasteiger charge is 2.30. The van der Waals surface area contributed by atoms with Gasteiger partial charge in [0.1, 0.15) is 17.5 Å². The molecular formula is C13H14FNO8. The van der Waals surface area contributed by atoms with Crippen LogP contribution in [0.5, 0.6) is 0 Å². The van der Waals surface area contributed by atoms with Gasteiger partial charge in [-0.05, 0) is 13.0 Å². The van der Waals surface area contributed by atoms with E-state index in [0.717, 1.165) is 0 Å². The molecule has 0 radical (unpaired) electrons. The van der Waals surface area contributed by atoms with Crippen LogP contribution in [0.1, 0.15) is 35.4 Å². The molecule has 0 saturated carbocycles. The zero-order valence-electron chi connectivity index (χ0n) is 11.9. The number of nitro benzene ring substituents is 1. The number of halogens is 1. The minimum Gasteiger partial charge on any atom is -0.477 e. The van der Waals surface area contributed by atoms with Gasteiger partial charge in [0.15, 0.2) is 0 Å². The molecule has 0 bridgehead atoms. The van der Waals surface area contributed by atoms with Crippen LogP contribution in [0.3, 0.4) is 0 Å². The summed E-state index contributed by atoms with van der Waals surface area (Å²) in [4.78, 5) is 31.9. The Morgan fingerprint density at radius 2 is 2.00 bits per heavy atom. The van der Waals surface area contributed by atoms with E-state index in [0.29, 0.717) is 12.1 Å². The summed E-state index contributed by atoms with van der Waals surface area (Å²) in [5.41, 5.74) is -2.54. The number of carboxylic acids is 1. The Labute approximate surface area is 129 Å². The van der Waals surface area contributed by atoms with Crippen molar-refractivity contribution in [3.8, 4) is 0 Å². The van der Waals surface area contributed by atoms with E-state index < -0.39 is 58.1 Å². The first-order valence-corrected chi connectivity index (χ1v) is 6.41. The normalized spacial score (nSPS) is 13.2. The summed E-state index contributed by atoms with van der Waals surface area (Å²) in [6.45, 7) is 1.56. The summed E-state index contributed by atoms with van der Waals surface area (Å²) >= 11 is 0. The van der Waals surface area contributed by atoms with Gasteiger partial charge in [-0.3, -0.25) is 14.9 Å². The number of nitrogens with zero attached hydrogens (tertiary/aromatic N) is 1. The van der Waals surface area contributed by atoms with E-state index in [9.17, 15) is 34.3 Å². The molecule has 0 fully saturated rings. The molecule has 126 valence electrons. The number of hydrogen-bond donors (Lipinski definition) is 3. The minimum atomic E-state index is -1.97. The number of aliphatic hydroxyl groups excluding tert-OH is 2. The predicted molar refractivity (Wildman–Crippen MR) is 72.2 cm³/mol. The standard InChI is InChI=1S/C13H14FNO8/c1-2-23-11(17)5-10(16)12(18)6-4-9(15(21)22)7(13(19)20)3-8(6)14/h3-4,10,12,16,18H,2,5H2,1H3,(H,19,20). The summed E-state index contributed by atoms with van der Waals surface area (Å²) in [5.74, 6) is -3.83. The third kappa shape index (κ3) is 4.44. The Morgan fingerprint density at radius 1 is 1.39 bits per heavy atom. The zero-order chi connectivity index (χ0) is 17.7. The van der Waals surface area contributed by atoms with Gasteiger partial charge in [-0.25, -0.2) is 9.18 Å². The summed E-state index contributed by atoms with van der Waals surface area (Å²) in [7, 11) is 0. The average molecular weight is 331 g/mol. The monoisotopic (exact) mass is 331 g/mol. The number of nitro groups is 1. The number of carbonyl (C=O) groups excluding carboxylic acids is 1. The molecule has 1 aromatic rings. The first-order valence-electron chi connectivity index (χ1n) is 6.41. The van der Waals surface area contributed by atoms with Gasteiger partial charge in [-0.2, -0.15) is 0 Å². The molecule has 0 amide bonds. The molecule has 2 unspecified atom stereocenters. The first-order chi connectivity index (χ1) is 10.7. The Bertz CT molecular complexity index is 633. The van der Waals surface area contributed by atoms with Crippen LogP contribution in [0.4, 0.5) is 10.1 Å². The highest BCUT2D eigenvalue weighted by Crippen LogP contribution is 2.29. The molecule has 9 nitrogen and oxygen atoms in total. The molecule has 23 heavy (non-hydrogen) atoms. The number of aliphatic hydroxyl groups is 2. The highest BCUT2D eigenvalue weighted by molar-refractivity contribution is 5.92. The second-order valence-corrected chi connectivity index (χ2v) is 4.47. The lowest BCUT2D eigenvalue weighted by atomic mass is 9.99. The molecule has 0 aliphatic carbocycles. The van der Waals surface area contributed by atoms with E-state index in [1.165, 1.54) is 6.92 Å². The van der Waals surface area contributed by atoms with Crippen molar-refractivity contribution < 1.29 is 39.0 Å².